The Labute approximate surface area is 135 Å². The third-order valence-electron chi connectivity index (χ3n) is 2.51. The highest BCUT2D eigenvalue weighted by molar-refractivity contribution is 5.25. The van der Waals surface area contributed by atoms with E-state index in [9.17, 15) is 14.4 Å². The lowest BCUT2D eigenvalue weighted by molar-refractivity contribution is 0.133. The van der Waals surface area contributed by atoms with E-state index in [1.54, 1.807) is 15.0 Å². The Hall–Kier alpha value is -3.02. The summed E-state index contributed by atoms with van der Waals surface area (Å²) >= 11 is 0. The first-order chi connectivity index (χ1) is 11.4. The van der Waals surface area contributed by atoms with Crippen LogP contribution in [0.4, 0.5) is 11.9 Å². The predicted molar refractivity (Wildman–Crippen MR) is 86.4 cm³/mol. The number of ether oxygens (including phenoxy) is 1. The quantitative estimate of drug-likeness (QED) is 0.374. The summed E-state index contributed by atoms with van der Waals surface area (Å²) in [5.41, 5.74) is 8.45. The van der Waals surface area contributed by atoms with Gasteiger partial charge in [-0.05, 0) is 6.42 Å². The predicted octanol–water partition coefficient (Wildman–Crippen LogP) is -1.85. The molecule has 2 heterocycles. The smallest absolute Gasteiger partial charge is 0.330 e. The molecule has 0 fully saturated rings. The van der Waals surface area contributed by atoms with Crippen molar-refractivity contribution in [3.05, 3.63) is 37.3 Å². The Morgan fingerprint density at radius 1 is 0.875 bits per heavy atom. The van der Waals surface area contributed by atoms with Crippen molar-refractivity contribution in [2.75, 3.05) is 24.7 Å². The molecule has 2 aromatic heterocycles. The van der Waals surface area contributed by atoms with E-state index in [2.05, 4.69) is 21.9 Å². The van der Waals surface area contributed by atoms with Crippen molar-refractivity contribution >= 4 is 11.9 Å². The van der Waals surface area contributed by atoms with Crippen LogP contribution in [0.1, 0.15) is 25.6 Å². The maximum atomic E-state index is 10.2. The number of aromatic nitrogens is 6. The number of nitrogen functional groups attached to an aromatic ring is 2. The van der Waals surface area contributed by atoms with Gasteiger partial charge in [0, 0.05) is 13.0 Å². The fourth-order valence-electron chi connectivity index (χ4n) is 1.48. The van der Waals surface area contributed by atoms with E-state index in [1.165, 1.54) is 0 Å². The summed E-state index contributed by atoms with van der Waals surface area (Å²) in [6.45, 7) is 3.48. The zero-order valence-electron chi connectivity index (χ0n) is 13.2. The highest BCUT2D eigenvalue weighted by Crippen LogP contribution is 1.99. The Bertz CT molecular complexity index is 698. The van der Waals surface area contributed by atoms with Crippen molar-refractivity contribution in [1.82, 2.24) is 29.9 Å². The molecule has 0 atom stereocenters. The molecule has 0 spiro atoms. The first-order valence-electron chi connectivity index (χ1n) is 7.17. The molecule has 12 nitrogen and oxygen atoms in total. The number of hydrogen-bond acceptors (Lipinski definition) is 9. The Kier molecular flexibility index (Phi) is 7.84. The maximum Gasteiger partial charge on any atom is 0.330 e. The molecule has 0 saturated heterocycles. The van der Waals surface area contributed by atoms with Crippen LogP contribution in [0.25, 0.3) is 0 Å². The zero-order valence-corrected chi connectivity index (χ0v) is 13.2. The summed E-state index contributed by atoms with van der Waals surface area (Å²) in [7, 11) is 0. The Morgan fingerprint density at radius 2 is 1.38 bits per heavy atom. The number of H-pyrrole nitrogens is 3. The second-order valence-electron chi connectivity index (χ2n) is 4.55. The van der Waals surface area contributed by atoms with Crippen molar-refractivity contribution in [2.45, 2.75) is 26.2 Å². The summed E-state index contributed by atoms with van der Waals surface area (Å²) in [5, 5.41) is 0. The molecular weight excluding hydrogens is 320 g/mol. The molecule has 0 amide bonds. The molecule has 0 unspecified atom stereocenters. The van der Waals surface area contributed by atoms with E-state index in [-0.39, 0.29) is 11.9 Å². The Balaban J connectivity index is 0.000000272. The van der Waals surface area contributed by atoms with Crippen molar-refractivity contribution in [3.8, 4) is 0 Å². The molecule has 2 aromatic rings. The maximum absolute atomic E-state index is 10.2. The summed E-state index contributed by atoms with van der Waals surface area (Å²) in [6, 6.07) is 0. The summed E-state index contributed by atoms with van der Waals surface area (Å²) < 4.78 is 5.38. The van der Waals surface area contributed by atoms with Crippen LogP contribution in [-0.4, -0.2) is 43.1 Å². The number of hydrogen-bond donors (Lipinski definition) is 5. The molecule has 0 aliphatic heterocycles. The van der Waals surface area contributed by atoms with E-state index in [0.29, 0.717) is 18.9 Å². The van der Waals surface area contributed by atoms with Gasteiger partial charge in [0.15, 0.2) is 0 Å². The van der Waals surface area contributed by atoms with Gasteiger partial charge in [0.2, 0.25) is 11.9 Å². The van der Waals surface area contributed by atoms with E-state index in [4.69, 9.17) is 16.2 Å². The van der Waals surface area contributed by atoms with Gasteiger partial charge in [0.1, 0.15) is 5.82 Å². The topological polar surface area (TPSA) is 199 Å². The van der Waals surface area contributed by atoms with E-state index >= 15 is 0 Å². The molecule has 0 saturated carbocycles. The molecule has 0 aromatic carbocycles. The van der Waals surface area contributed by atoms with Crippen LogP contribution < -0.4 is 28.5 Å². The van der Waals surface area contributed by atoms with Crippen molar-refractivity contribution in [2.24, 2.45) is 0 Å². The van der Waals surface area contributed by atoms with Crippen LogP contribution in [0.3, 0.4) is 0 Å². The van der Waals surface area contributed by atoms with Gasteiger partial charge < -0.3 is 16.2 Å². The second-order valence-corrected chi connectivity index (χ2v) is 4.55. The van der Waals surface area contributed by atoms with Crippen LogP contribution in [0.2, 0.25) is 0 Å². The number of rotatable bonds is 6. The molecule has 0 aliphatic carbocycles. The van der Waals surface area contributed by atoms with E-state index in [0.717, 1.165) is 19.4 Å². The summed E-state index contributed by atoms with van der Waals surface area (Å²) in [6.07, 6.45) is 2.81. The molecule has 0 bridgehead atoms. The van der Waals surface area contributed by atoms with Crippen molar-refractivity contribution < 1.29 is 4.74 Å². The molecule has 132 valence electrons. The molecule has 0 radical (unpaired) electrons. The highest BCUT2D eigenvalue weighted by Gasteiger charge is 2.01. The van der Waals surface area contributed by atoms with Crippen molar-refractivity contribution in [3.63, 3.8) is 0 Å². The van der Waals surface area contributed by atoms with Gasteiger partial charge in [-0.3, -0.25) is 15.0 Å². The molecule has 24 heavy (non-hydrogen) atoms. The van der Waals surface area contributed by atoms with Gasteiger partial charge in [0.05, 0.1) is 6.61 Å². The van der Waals surface area contributed by atoms with Gasteiger partial charge in [-0.25, -0.2) is 14.4 Å². The van der Waals surface area contributed by atoms with Gasteiger partial charge in [-0.2, -0.15) is 15.0 Å². The van der Waals surface area contributed by atoms with E-state index < -0.39 is 17.1 Å². The average Bonchev–Trinajstić information content (AvgIpc) is 2.45. The lowest BCUT2D eigenvalue weighted by Crippen LogP contribution is -2.34. The first-order valence-corrected chi connectivity index (χ1v) is 7.17. The van der Waals surface area contributed by atoms with Gasteiger partial charge in [-0.15, -0.1) is 0 Å². The first kappa shape index (κ1) is 19.0. The molecule has 2 rings (SSSR count). The van der Waals surface area contributed by atoms with Gasteiger partial charge in [0.25, 0.3) is 0 Å². The van der Waals surface area contributed by atoms with Crippen LogP contribution in [0.15, 0.2) is 14.4 Å². The van der Waals surface area contributed by atoms with Crippen molar-refractivity contribution in [1.29, 1.82) is 0 Å². The molecule has 12 heteroatoms. The number of nitrogens with two attached hydrogens (primary N) is 2. The third kappa shape index (κ3) is 7.84. The number of nitrogens with zero attached hydrogens (tertiary/aromatic N) is 3. The van der Waals surface area contributed by atoms with E-state index in [1.807, 2.05) is 0 Å². The Morgan fingerprint density at radius 3 is 1.83 bits per heavy atom. The number of aromatic amines is 3. The van der Waals surface area contributed by atoms with Crippen LogP contribution in [0, 0.1) is 0 Å². The van der Waals surface area contributed by atoms with Gasteiger partial charge >= 0.3 is 17.1 Å². The minimum atomic E-state index is -0.802. The number of anilines is 2. The SMILES string of the molecule is CCCCOCCc1nc(N)nc(N)n1.O=c1[nH]c(=O)[nH]c(=O)[nH]1. The van der Waals surface area contributed by atoms with Crippen LogP contribution in [-0.2, 0) is 11.2 Å². The minimum Gasteiger partial charge on any atom is -0.381 e. The summed E-state index contributed by atoms with van der Waals surface area (Å²) in [5.74, 6) is 0.897. The standard InChI is InChI=1S/C9H17N5O.C3H3N3O3/c1-2-3-5-15-6-4-7-12-8(10)14-9(11)13-7;7-1-4-2(8)6-3(9)5-1/h2-6H2,1H3,(H4,10,11,12,13,14);(H3,4,5,6,7,8,9). The molecule has 0 aliphatic rings. The average molecular weight is 340 g/mol. The molecule has 7 N–H and O–H groups in total. The fourth-order valence-corrected chi connectivity index (χ4v) is 1.48. The fraction of sp³-hybridized carbons (Fsp3) is 0.500. The van der Waals surface area contributed by atoms with Crippen LogP contribution in [0.5, 0.6) is 0 Å². The van der Waals surface area contributed by atoms with Gasteiger partial charge in [-0.1, -0.05) is 13.3 Å². The van der Waals surface area contributed by atoms with Crippen LogP contribution >= 0.6 is 0 Å². The minimum absolute atomic E-state index is 0.158. The monoisotopic (exact) mass is 340 g/mol. The normalized spacial score (nSPS) is 10.0. The number of unbranched alkanes of at least 4 members (excludes halogenated alkanes) is 1. The number of nitrogens with one attached hydrogen (secondary N) is 3. The molecular formula is C12H20N8O4. The zero-order chi connectivity index (χ0) is 17.9. The summed E-state index contributed by atoms with van der Waals surface area (Å²) in [4.78, 5) is 47.5. The highest BCUT2D eigenvalue weighted by atomic mass is 16.5. The largest absolute Gasteiger partial charge is 0.381 e. The third-order valence-corrected chi connectivity index (χ3v) is 2.51. The second kappa shape index (κ2) is 9.89. The lowest BCUT2D eigenvalue weighted by atomic mass is 10.3. The lowest BCUT2D eigenvalue weighted by Gasteiger charge is -2.03.